The molecule has 154 valence electrons. The first-order valence-corrected chi connectivity index (χ1v) is 10.3. The molecule has 1 aliphatic heterocycles. The van der Waals surface area contributed by atoms with Gasteiger partial charge >= 0.3 is 0 Å². The van der Waals surface area contributed by atoms with E-state index in [9.17, 15) is 4.79 Å². The molecule has 0 saturated carbocycles. The number of hydrogen-bond donors (Lipinski definition) is 0. The molecule has 6 nitrogen and oxygen atoms in total. The van der Waals surface area contributed by atoms with Crippen molar-refractivity contribution in [2.24, 2.45) is 0 Å². The predicted molar refractivity (Wildman–Crippen MR) is 116 cm³/mol. The molecule has 0 bridgehead atoms. The number of rotatable bonds is 6. The van der Waals surface area contributed by atoms with Gasteiger partial charge in [0.15, 0.2) is 0 Å². The van der Waals surface area contributed by atoms with E-state index in [1.165, 1.54) is 0 Å². The molecule has 2 heterocycles. The topological polar surface area (TPSA) is 58.6 Å². The van der Waals surface area contributed by atoms with Crippen molar-refractivity contribution in [2.75, 3.05) is 37.7 Å². The standard InChI is InChI=1S/C23H30N4O2/c1-5-29-20-9-6-19(7-10-20)8-11-22(28)27-14-12-26(13-15-27)21-16-18(4)24-23(25-21)17(2)3/h6-11,16-17H,5,12-15H2,1-4H3/b11-8+. The van der Waals surface area contributed by atoms with Gasteiger partial charge in [0, 0.05) is 49.9 Å². The summed E-state index contributed by atoms with van der Waals surface area (Å²) >= 11 is 0. The average molecular weight is 395 g/mol. The Morgan fingerprint density at radius 2 is 1.83 bits per heavy atom. The molecule has 1 fully saturated rings. The molecule has 6 heteroatoms. The molecule has 2 aromatic rings. The van der Waals surface area contributed by atoms with E-state index in [1.54, 1.807) is 6.08 Å². The molecule has 0 N–H and O–H groups in total. The van der Waals surface area contributed by atoms with E-state index in [0.29, 0.717) is 25.6 Å². The van der Waals surface area contributed by atoms with E-state index in [0.717, 1.165) is 41.7 Å². The minimum Gasteiger partial charge on any atom is -0.494 e. The second kappa shape index (κ2) is 9.54. The van der Waals surface area contributed by atoms with Gasteiger partial charge in [0.2, 0.25) is 5.91 Å². The van der Waals surface area contributed by atoms with Gasteiger partial charge in [-0.1, -0.05) is 26.0 Å². The number of aromatic nitrogens is 2. The van der Waals surface area contributed by atoms with Crippen LogP contribution in [0.25, 0.3) is 6.08 Å². The number of piperazine rings is 1. The third kappa shape index (κ3) is 5.56. The van der Waals surface area contributed by atoms with Crippen molar-refractivity contribution in [1.82, 2.24) is 14.9 Å². The van der Waals surface area contributed by atoms with Crippen molar-refractivity contribution in [3.8, 4) is 5.75 Å². The molecule has 29 heavy (non-hydrogen) atoms. The van der Waals surface area contributed by atoms with E-state index in [1.807, 2.05) is 55.2 Å². The summed E-state index contributed by atoms with van der Waals surface area (Å²) in [6.07, 6.45) is 3.50. The van der Waals surface area contributed by atoms with Crippen LogP contribution in [0.5, 0.6) is 5.75 Å². The minimum absolute atomic E-state index is 0.0419. The number of carbonyl (C=O) groups excluding carboxylic acids is 1. The Labute approximate surface area is 173 Å². The lowest BCUT2D eigenvalue weighted by Crippen LogP contribution is -2.48. The van der Waals surface area contributed by atoms with Crippen LogP contribution in [0.4, 0.5) is 5.82 Å². The Balaban J connectivity index is 1.57. The van der Waals surface area contributed by atoms with Crippen molar-refractivity contribution >= 4 is 17.8 Å². The van der Waals surface area contributed by atoms with Crippen LogP contribution in [0.1, 0.15) is 43.8 Å². The molecule has 3 rings (SSSR count). The lowest BCUT2D eigenvalue weighted by Gasteiger charge is -2.35. The highest BCUT2D eigenvalue weighted by atomic mass is 16.5. The van der Waals surface area contributed by atoms with E-state index in [-0.39, 0.29) is 5.91 Å². The van der Waals surface area contributed by atoms with Gasteiger partial charge in [0.25, 0.3) is 0 Å². The highest BCUT2D eigenvalue weighted by Crippen LogP contribution is 2.19. The van der Waals surface area contributed by atoms with E-state index in [2.05, 4.69) is 23.7 Å². The summed E-state index contributed by atoms with van der Waals surface area (Å²) in [5.74, 6) is 3.01. The molecular weight excluding hydrogens is 364 g/mol. The van der Waals surface area contributed by atoms with E-state index < -0.39 is 0 Å². The van der Waals surface area contributed by atoms with Crippen molar-refractivity contribution in [2.45, 2.75) is 33.6 Å². The summed E-state index contributed by atoms with van der Waals surface area (Å²) in [5.41, 5.74) is 1.97. The third-order valence-electron chi connectivity index (χ3n) is 4.90. The van der Waals surface area contributed by atoms with Gasteiger partial charge in [-0.25, -0.2) is 9.97 Å². The SMILES string of the molecule is CCOc1ccc(/C=C/C(=O)N2CCN(c3cc(C)nc(C(C)C)n3)CC2)cc1. The Bertz CT molecular complexity index is 854. The molecule has 0 spiro atoms. The first kappa shape index (κ1) is 20.8. The number of ether oxygens (including phenoxy) is 1. The van der Waals surface area contributed by atoms with Gasteiger partial charge in [-0.15, -0.1) is 0 Å². The summed E-state index contributed by atoms with van der Waals surface area (Å²) in [6.45, 7) is 11.7. The summed E-state index contributed by atoms with van der Waals surface area (Å²) in [4.78, 5) is 25.9. The lowest BCUT2D eigenvalue weighted by molar-refractivity contribution is -0.126. The largest absolute Gasteiger partial charge is 0.494 e. The molecule has 0 unspecified atom stereocenters. The molecule has 1 amide bonds. The zero-order valence-corrected chi connectivity index (χ0v) is 17.8. The van der Waals surface area contributed by atoms with Gasteiger partial charge in [-0.3, -0.25) is 4.79 Å². The van der Waals surface area contributed by atoms with Crippen LogP contribution in [-0.2, 0) is 4.79 Å². The second-order valence-electron chi connectivity index (χ2n) is 7.53. The molecule has 0 aliphatic carbocycles. The number of benzene rings is 1. The zero-order valence-electron chi connectivity index (χ0n) is 17.8. The molecule has 1 aromatic carbocycles. The fraction of sp³-hybridized carbons (Fsp3) is 0.435. The smallest absolute Gasteiger partial charge is 0.246 e. The monoisotopic (exact) mass is 394 g/mol. The van der Waals surface area contributed by atoms with Gasteiger partial charge in [-0.2, -0.15) is 0 Å². The summed E-state index contributed by atoms with van der Waals surface area (Å²) in [6, 6.07) is 9.77. The Morgan fingerprint density at radius 3 is 2.45 bits per heavy atom. The number of aryl methyl sites for hydroxylation is 1. The molecule has 0 atom stereocenters. The maximum absolute atomic E-state index is 12.6. The van der Waals surface area contributed by atoms with Gasteiger partial charge < -0.3 is 14.5 Å². The molecule has 0 radical (unpaired) electrons. The van der Waals surface area contributed by atoms with E-state index in [4.69, 9.17) is 9.72 Å². The van der Waals surface area contributed by atoms with Crippen LogP contribution in [-0.4, -0.2) is 53.6 Å². The number of carbonyl (C=O) groups is 1. The first-order valence-electron chi connectivity index (χ1n) is 10.3. The predicted octanol–water partition coefficient (Wildman–Crippen LogP) is 3.67. The van der Waals surface area contributed by atoms with E-state index >= 15 is 0 Å². The number of anilines is 1. The van der Waals surface area contributed by atoms with Crippen LogP contribution in [0.3, 0.4) is 0 Å². The number of amides is 1. The quantitative estimate of drug-likeness (QED) is 0.700. The fourth-order valence-corrected chi connectivity index (χ4v) is 3.27. The summed E-state index contributed by atoms with van der Waals surface area (Å²) in [7, 11) is 0. The van der Waals surface area contributed by atoms with Crippen LogP contribution >= 0.6 is 0 Å². The van der Waals surface area contributed by atoms with Gasteiger partial charge in [0.1, 0.15) is 17.4 Å². The highest BCUT2D eigenvalue weighted by Gasteiger charge is 2.21. The minimum atomic E-state index is 0.0419. The maximum atomic E-state index is 12.6. The second-order valence-corrected chi connectivity index (χ2v) is 7.53. The average Bonchev–Trinajstić information content (AvgIpc) is 2.73. The number of nitrogens with zero attached hydrogens (tertiary/aromatic N) is 4. The van der Waals surface area contributed by atoms with Gasteiger partial charge in [0.05, 0.1) is 6.61 Å². The maximum Gasteiger partial charge on any atom is 0.246 e. The van der Waals surface area contributed by atoms with Crippen molar-refractivity contribution in [3.63, 3.8) is 0 Å². The molecule has 1 saturated heterocycles. The highest BCUT2D eigenvalue weighted by molar-refractivity contribution is 5.92. The van der Waals surface area contributed by atoms with Crippen LogP contribution < -0.4 is 9.64 Å². The van der Waals surface area contributed by atoms with Crippen LogP contribution in [0.15, 0.2) is 36.4 Å². The number of hydrogen-bond acceptors (Lipinski definition) is 5. The van der Waals surface area contributed by atoms with Crippen molar-refractivity contribution in [3.05, 3.63) is 53.5 Å². The zero-order chi connectivity index (χ0) is 20.8. The molecular formula is C23H30N4O2. The summed E-state index contributed by atoms with van der Waals surface area (Å²) in [5, 5.41) is 0. The third-order valence-corrected chi connectivity index (χ3v) is 4.90. The lowest BCUT2D eigenvalue weighted by atomic mass is 10.2. The van der Waals surface area contributed by atoms with Crippen LogP contribution in [0.2, 0.25) is 0 Å². The van der Waals surface area contributed by atoms with Crippen molar-refractivity contribution < 1.29 is 9.53 Å². The normalized spacial score (nSPS) is 14.7. The Hall–Kier alpha value is -2.89. The molecule has 1 aromatic heterocycles. The fourth-order valence-electron chi connectivity index (χ4n) is 3.27. The molecule has 1 aliphatic rings. The summed E-state index contributed by atoms with van der Waals surface area (Å²) < 4.78 is 5.44. The van der Waals surface area contributed by atoms with Gasteiger partial charge in [-0.05, 0) is 37.6 Å². The van der Waals surface area contributed by atoms with Crippen LogP contribution in [0, 0.1) is 6.92 Å². The van der Waals surface area contributed by atoms with Crippen molar-refractivity contribution in [1.29, 1.82) is 0 Å². The Morgan fingerprint density at radius 1 is 1.14 bits per heavy atom. The Kier molecular flexibility index (Phi) is 6.86. The first-order chi connectivity index (χ1) is 14.0.